The van der Waals surface area contributed by atoms with Crippen molar-refractivity contribution in [2.75, 3.05) is 0 Å². The average molecular weight is 315 g/mol. The van der Waals surface area contributed by atoms with Gasteiger partial charge < -0.3 is 10.2 Å². The molecule has 0 heterocycles. The highest BCUT2D eigenvalue weighted by atomic mass is 16.4. The van der Waals surface area contributed by atoms with Gasteiger partial charge in [-0.2, -0.15) is 0 Å². The van der Waals surface area contributed by atoms with Crippen LogP contribution in [0, 0.1) is 0 Å². The second-order valence-corrected chi connectivity index (χ2v) is 6.62. The van der Waals surface area contributed by atoms with Crippen molar-refractivity contribution in [3.8, 4) is 0 Å². The van der Waals surface area contributed by atoms with Crippen LogP contribution in [-0.2, 0) is 4.79 Å². The molecule has 3 nitrogen and oxygen atoms in total. The smallest absolute Gasteiger partial charge is 0.303 e. The molecule has 0 spiro atoms. The second-order valence-electron chi connectivity index (χ2n) is 6.62. The van der Waals surface area contributed by atoms with E-state index in [0.29, 0.717) is 6.42 Å². The molecule has 1 atom stereocenters. The first-order valence-electron chi connectivity index (χ1n) is 9.56. The van der Waals surface area contributed by atoms with Crippen molar-refractivity contribution in [3.05, 3.63) is 0 Å². The van der Waals surface area contributed by atoms with Crippen molar-refractivity contribution < 1.29 is 15.0 Å². The van der Waals surface area contributed by atoms with Gasteiger partial charge in [-0.25, -0.2) is 0 Å². The Morgan fingerprint density at radius 1 is 0.727 bits per heavy atom. The number of carboxylic acids is 1. The molecule has 0 bridgehead atoms. The minimum atomic E-state index is -0.815. The zero-order chi connectivity index (χ0) is 16.5. The number of hydrogen-bond donors (Lipinski definition) is 2. The Balaban J connectivity index is 3.09. The van der Waals surface area contributed by atoms with E-state index in [1.165, 1.54) is 77.0 Å². The van der Waals surface area contributed by atoms with E-state index >= 15 is 0 Å². The number of unbranched alkanes of at least 4 members (excludes halogenated alkanes) is 12. The summed E-state index contributed by atoms with van der Waals surface area (Å²) in [6.07, 6.45) is 18.0. The van der Waals surface area contributed by atoms with Gasteiger partial charge in [0.1, 0.15) is 0 Å². The lowest BCUT2D eigenvalue weighted by molar-refractivity contribution is -0.137. The fourth-order valence-electron chi connectivity index (χ4n) is 2.83. The molecule has 0 saturated carbocycles. The molecule has 0 aliphatic carbocycles. The molecule has 2 N–H and O–H groups in total. The summed E-state index contributed by atoms with van der Waals surface area (Å²) in [5.41, 5.74) is 0. The fourth-order valence-corrected chi connectivity index (χ4v) is 2.83. The molecular weight excluding hydrogens is 276 g/mol. The van der Waals surface area contributed by atoms with Gasteiger partial charge in [0.15, 0.2) is 0 Å². The Bertz CT molecular complexity index is 241. The Hall–Kier alpha value is -0.570. The quantitative estimate of drug-likeness (QED) is 0.339. The van der Waals surface area contributed by atoms with Gasteiger partial charge in [-0.1, -0.05) is 90.4 Å². The van der Waals surface area contributed by atoms with Crippen molar-refractivity contribution in [2.24, 2.45) is 0 Å². The minimum Gasteiger partial charge on any atom is -0.481 e. The molecule has 22 heavy (non-hydrogen) atoms. The molecule has 0 amide bonds. The van der Waals surface area contributed by atoms with E-state index in [2.05, 4.69) is 6.92 Å². The minimum absolute atomic E-state index is 0.0829. The maximum absolute atomic E-state index is 10.4. The zero-order valence-electron chi connectivity index (χ0n) is 14.7. The topological polar surface area (TPSA) is 57.5 Å². The predicted octanol–water partition coefficient (Wildman–Crippen LogP) is 5.69. The Labute approximate surface area is 137 Å². The molecular formula is C19H38O3. The first kappa shape index (κ1) is 21.4. The van der Waals surface area contributed by atoms with E-state index in [-0.39, 0.29) is 6.42 Å². The van der Waals surface area contributed by atoms with E-state index in [0.717, 1.165) is 12.8 Å². The number of carbonyl (C=O) groups is 1. The van der Waals surface area contributed by atoms with Gasteiger partial charge in [-0.15, -0.1) is 0 Å². The monoisotopic (exact) mass is 314 g/mol. The summed E-state index contributed by atoms with van der Waals surface area (Å²) in [6, 6.07) is 0. The van der Waals surface area contributed by atoms with Crippen LogP contribution in [0.5, 0.6) is 0 Å². The molecule has 0 fully saturated rings. The largest absolute Gasteiger partial charge is 0.481 e. The molecule has 0 aromatic heterocycles. The summed E-state index contributed by atoms with van der Waals surface area (Å²) in [5, 5.41) is 18.1. The average Bonchev–Trinajstić information content (AvgIpc) is 2.49. The SMILES string of the molecule is CCCCCCCCCCCCCCCC(O)CCC(=O)O. The number of carboxylic acid groups (broad SMARTS) is 1. The lowest BCUT2D eigenvalue weighted by atomic mass is 10.0. The van der Waals surface area contributed by atoms with Crippen LogP contribution < -0.4 is 0 Å². The highest BCUT2D eigenvalue weighted by Gasteiger charge is 2.06. The van der Waals surface area contributed by atoms with E-state index in [9.17, 15) is 9.90 Å². The van der Waals surface area contributed by atoms with Crippen LogP contribution >= 0.6 is 0 Å². The third-order valence-electron chi connectivity index (χ3n) is 4.33. The first-order chi connectivity index (χ1) is 10.7. The summed E-state index contributed by atoms with van der Waals surface area (Å²) in [5.74, 6) is -0.815. The first-order valence-corrected chi connectivity index (χ1v) is 9.56. The van der Waals surface area contributed by atoms with Gasteiger partial charge in [0, 0.05) is 6.42 Å². The summed E-state index contributed by atoms with van der Waals surface area (Å²) < 4.78 is 0. The van der Waals surface area contributed by atoms with Crippen LogP contribution in [0.2, 0.25) is 0 Å². The van der Waals surface area contributed by atoms with E-state index in [4.69, 9.17) is 5.11 Å². The normalized spacial score (nSPS) is 12.5. The summed E-state index contributed by atoms with van der Waals surface area (Å²) in [7, 11) is 0. The number of rotatable bonds is 17. The highest BCUT2D eigenvalue weighted by molar-refractivity contribution is 5.66. The van der Waals surface area contributed by atoms with Crippen LogP contribution in [0.3, 0.4) is 0 Å². The lowest BCUT2D eigenvalue weighted by Gasteiger charge is -2.08. The summed E-state index contributed by atoms with van der Waals surface area (Å²) in [6.45, 7) is 2.26. The molecule has 0 aliphatic rings. The van der Waals surface area contributed by atoms with Gasteiger partial charge in [0.05, 0.1) is 6.10 Å². The molecule has 3 heteroatoms. The third-order valence-corrected chi connectivity index (χ3v) is 4.33. The molecule has 0 rings (SSSR count). The van der Waals surface area contributed by atoms with Crippen molar-refractivity contribution in [1.29, 1.82) is 0 Å². The maximum Gasteiger partial charge on any atom is 0.303 e. The number of aliphatic hydroxyl groups excluding tert-OH is 1. The van der Waals surface area contributed by atoms with Crippen molar-refractivity contribution in [1.82, 2.24) is 0 Å². The van der Waals surface area contributed by atoms with Gasteiger partial charge in [0.2, 0.25) is 0 Å². The maximum atomic E-state index is 10.4. The van der Waals surface area contributed by atoms with E-state index in [1.54, 1.807) is 0 Å². The summed E-state index contributed by atoms with van der Waals surface area (Å²) >= 11 is 0. The standard InChI is InChI=1S/C19H38O3/c1-2-3-4-5-6-7-8-9-10-11-12-13-14-15-18(20)16-17-19(21)22/h18,20H,2-17H2,1H3,(H,21,22). The molecule has 0 aromatic rings. The van der Waals surface area contributed by atoms with E-state index in [1.807, 2.05) is 0 Å². The van der Waals surface area contributed by atoms with Crippen LogP contribution in [0.25, 0.3) is 0 Å². The molecule has 0 aliphatic heterocycles. The van der Waals surface area contributed by atoms with Crippen molar-refractivity contribution in [2.45, 2.75) is 116 Å². The number of aliphatic hydroxyl groups is 1. The molecule has 0 radical (unpaired) electrons. The third kappa shape index (κ3) is 17.5. The zero-order valence-corrected chi connectivity index (χ0v) is 14.7. The Morgan fingerprint density at radius 3 is 1.55 bits per heavy atom. The molecule has 1 unspecified atom stereocenters. The highest BCUT2D eigenvalue weighted by Crippen LogP contribution is 2.14. The van der Waals surface area contributed by atoms with Crippen LogP contribution in [0.1, 0.15) is 110 Å². The molecule has 0 saturated heterocycles. The number of hydrogen-bond acceptors (Lipinski definition) is 2. The number of aliphatic carboxylic acids is 1. The molecule has 132 valence electrons. The fraction of sp³-hybridized carbons (Fsp3) is 0.947. The molecule has 0 aromatic carbocycles. The van der Waals surface area contributed by atoms with Gasteiger partial charge in [-0.05, 0) is 12.8 Å². The van der Waals surface area contributed by atoms with Gasteiger partial charge in [-0.3, -0.25) is 4.79 Å². The van der Waals surface area contributed by atoms with Crippen LogP contribution in [0.4, 0.5) is 0 Å². The van der Waals surface area contributed by atoms with E-state index < -0.39 is 12.1 Å². The van der Waals surface area contributed by atoms with Crippen molar-refractivity contribution >= 4 is 5.97 Å². The van der Waals surface area contributed by atoms with Gasteiger partial charge in [0.25, 0.3) is 0 Å². The van der Waals surface area contributed by atoms with Crippen LogP contribution in [-0.4, -0.2) is 22.3 Å². The summed E-state index contributed by atoms with van der Waals surface area (Å²) in [4.78, 5) is 10.4. The lowest BCUT2D eigenvalue weighted by Crippen LogP contribution is -2.09. The second kappa shape index (κ2) is 16.8. The van der Waals surface area contributed by atoms with Gasteiger partial charge >= 0.3 is 5.97 Å². The predicted molar refractivity (Wildman–Crippen MR) is 93.2 cm³/mol. The van der Waals surface area contributed by atoms with Crippen LogP contribution in [0.15, 0.2) is 0 Å². The Kier molecular flexibility index (Phi) is 16.4. The van der Waals surface area contributed by atoms with Crippen molar-refractivity contribution in [3.63, 3.8) is 0 Å². The Morgan fingerprint density at radius 2 is 1.14 bits per heavy atom.